The third-order valence-electron chi connectivity index (χ3n) is 3.31. The van der Waals surface area contributed by atoms with Crippen LogP contribution in [0, 0.1) is 0 Å². The molecule has 0 spiro atoms. The number of rotatable bonds is 4. The molecule has 0 fully saturated rings. The number of anilines is 1. The summed E-state index contributed by atoms with van der Waals surface area (Å²) in [5.41, 5.74) is 2.47. The van der Waals surface area contributed by atoms with Gasteiger partial charge in [0.05, 0.1) is 6.61 Å². The summed E-state index contributed by atoms with van der Waals surface area (Å²) in [7, 11) is 0. The number of ether oxygens (including phenoxy) is 1. The topological polar surface area (TPSA) is 57.4 Å². The van der Waals surface area contributed by atoms with Crippen LogP contribution in [-0.2, 0) is 4.74 Å². The maximum absolute atomic E-state index is 11.3. The van der Waals surface area contributed by atoms with Crippen LogP contribution in [0.25, 0.3) is 5.57 Å². The summed E-state index contributed by atoms with van der Waals surface area (Å²) in [6.45, 7) is 7.51. The minimum Gasteiger partial charge on any atom is -0.450 e. The molecule has 1 aromatic heterocycles. The first kappa shape index (κ1) is 13.7. The van der Waals surface area contributed by atoms with Gasteiger partial charge >= 0.3 is 6.09 Å². The first-order chi connectivity index (χ1) is 9.22. The number of amides is 1. The van der Waals surface area contributed by atoms with E-state index < -0.39 is 6.09 Å². The fraction of sp³-hybridized carbons (Fsp3) is 0.500. The lowest BCUT2D eigenvalue weighted by Crippen LogP contribution is -2.27. The van der Waals surface area contributed by atoms with Gasteiger partial charge in [0.1, 0.15) is 5.82 Å². The molecule has 2 heterocycles. The van der Waals surface area contributed by atoms with Crippen molar-refractivity contribution in [1.82, 2.24) is 9.88 Å². The molecular formula is C14H21N3O2. The summed E-state index contributed by atoms with van der Waals surface area (Å²) < 4.78 is 4.84. The van der Waals surface area contributed by atoms with E-state index in [0.29, 0.717) is 12.4 Å². The number of hydrogen-bond donors (Lipinski definition) is 2. The number of nitrogens with zero attached hydrogens (tertiary/aromatic N) is 1. The average Bonchev–Trinajstić information content (AvgIpc) is 2.87. The third-order valence-corrected chi connectivity index (χ3v) is 3.31. The Morgan fingerprint density at radius 2 is 2.37 bits per heavy atom. The highest BCUT2D eigenvalue weighted by Crippen LogP contribution is 2.24. The number of likely N-dealkylation sites (N-methyl/N-ethyl adjacent to an activating group) is 1. The zero-order valence-corrected chi connectivity index (χ0v) is 11.5. The van der Waals surface area contributed by atoms with Gasteiger partial charge in [-0.2, -0.15) is 0 Å². The minimum absolute atomic E-state index is 0.372. The summed E-state index contributed by atoms with van der Waals surface area (Å²) in [6.07, 6.45) is 4.80. The third kappa shape index (κ3) is 3.61. The van der Waals surface area contributed by atoms with Crippen LogP contribution in [0.3, 0.4) is 0 Å². The molecule has 0 bridgehead atoms. The normalized spacial score (nSPS) is 16.0. The first-order valence-corrected chi connectivity index (χ1v) is 6.76. The number of carbonyl (C=O) groups is 1. The van der Waals surface area contributed by atoms with E-state index in [0.717, 1.165) is 31.6 Å². The highest BCUT2D eigenvalue weighted by molar-refractivity contribution is 5.84. The number of carbonyl (C=O) groups excluding carboxylic acids is 1. The standard InChI is InChI=1S/C14H21N3O2/c1-3-17-7-5-11(6-8-17)12-9-13(15-10-12)16-14(18)19-4-2/h5,9-10,15H,3-4,6-8H2,1-2H3,(H,16,18). The van der Waals surface area contributed by atoms with Crippen LogP contribution in [0.1, 0.15) is 25.8 Å². The highest BCUT2D eigenvalue weighted by atomic mass is 16.5. The van der Waals surface area contributed by atoms with E-state index in [1.54, 1.807) is 6.92 Å². The molecule has 0 aliphatic carbocycles. The number of nitrogens with one attached hydrogen (secondary N) is 2. The zero-order valence-electron chi connectivity index (χ0n) is 11.5. The lowest BCUT2D eigenvalue weighted by Gasteiger charge is -2.24. The molecule has 19 heavy (non-hydrogen) atoms. The molecule has 2 rings (SSSR count). The predicted molar refractivity (Wildman–Crippen MR) is 76.1 cm³/mol. The van der Waals surface area contributed by atoms with Crippen LogP contribution in [0.2, 0.25) is 0 Å². The quantitative estimate of drug-likeness (QED) is 0.878. The Hall–Kier alpha value is -1.75. The maximum atomic E-state index is 11.3. The molecule has 0 saturated carbocycles. The smallest absolute Gasteiger partial charge is 0.412 e. The number of hydrogen-bond acceptors (Lipinski definition) is 3. The SMILES string of the molecule is CCOC(=O)Nc1cc(C2=CCN(CC)CC2)c[nH]1. The molecule has 0 aromatic carbocycles. The number of aromatic amines is 1. The van der Waals surface area contributed by atoms with Crippen molar-refractivity contribution in [2.24, 2.45) is 0 Å². The van der Waals surface area contributed by atoms with Gasteiger partial charge in [0.25, 0.3) is 0 Å². The van der Waals surface area contributed by atoms with Crippen molar-refractivity contribution in [3.8, 4) is 0 Å². The molecule has 5 nitrogen and oxygen atoms in total. The Morgan fingerprint density at radius 1 is 1.53 bits per heavy atom. The highest BCUT2D eigenvalue weighted by Gasteiger charge is 2.13. The molecule has 104 valence electrons. The Morgan fingerprint density at radius 3 is 3.00 bits per heavy atom. The fourth-order valence-electron chi connectivity index (χ4n) is 2.19. The van der Waals surface area contributed by atoms with E-state index in [2.05, 4.69) is 28.2 Å². The van der Waals surface area contributed by atoms with Gasteiger partial charge < -0.3 is 9.72 Å². The van der Waals surface area contributed by atoms with Gasteiger partial charge in [-0.1, -0.05) is 13.0 Å². The van der Waals surface area contributed by atoms with Crippen LogP contribution in [0.15, 0.2) is 18.3 Å². The Labute approximate surface area is 113 Å². The predicted octanol–water partition coefficient (Wildman–Crippen LogP) is 2.69. The van der Waals surface area contributed by atoms with Crippen molar-refractivity contribution in [3.05, 3.63) is 23.9 Å². The fourth-order valence-corrected chi connectivity index (χ4v) is 2.19. The molecule has 1 aliphatic heterocycles. The van der Waals surface area contributed by atoms with Gasteiger partial charge in [-0.15, -0.1) is 0 Å². The van der Waals surface area contributed by atoms with E-state index >= 15 is 0 Å². The van der Waals surface area contributed by atoms with Gasteiger partial charge in [-0.25, -0.2) is 4.79 Å². The molecular weight excluding hydrogens is 242 g/mol. The van der Waals surface area contributed by atoms with Crippen LogP contribution >= 0.6 is 0 Å². The molecule has 2 N–H and O–H groups in total. The molecule has 1 aliphatic rings. The Balaban J connectivity index is 1.97. The Bertz CT molecular complexity index is 465. The largest absolute Gasteiger partial charge is 0.450 e. The van der Waals surface area contributed by atoms with E-state index in [9.17, 15) is 4.79 Å². The van der Waals surface area contributed by atoms with Crippen LogP contribution in [0.5, 0.6) is 0 Å². The van der Waals surface area contributed by atoms with Gasteiger partial charge in [0.2, 0.25) is 0 Å². The van der Waals surface area contributed by atoms with Gasteiger partial charge in [0, 0.05) is 19.3 Å². The lowest BCUT2D eigenvalue weighted by molar-refractivity contribution is 0.168. The second kappa shape index (κ2) is 6.43. The van der Waals surface area contributed by atoms with Crippen molar-refractivity contribution in [1.29, 1.82) is 0 Å². The van der Waals surface area contributed by atoms with Gasteiger partial charge in [-0.3, -0.25) is 10.2 Å². The van der Waals surface area contributed by atoms with E-state index in [1.807, 2.05) is 12.3 Å². The summed E-state index contributed by atoms with van der Waals surface area (Å²) in [5.74, 6) is 0.673. The van der Waals surface area contributed by atoms with Crippen molar-refractivity contribution in [2.75, 3.05) is 31.6 Å². The zero-order chi connectivity index (χ0) is 13.7. The van der Waals surface area contributed by atoms with Crippen molar-refractivity contribution >= 4 is 17.5 Å². The van der Waals surface area contributed by atoms with Crippen molar-refractivity contribution in [3.63, 3.8) is 0 Å². The second-order valence-electron chi connectivity index (χ2n) is 4.52. The molecule has 5 heteroatoms. The molecule has 0 unspecified atom stereocenters. The molecule has 1 aromatic rings. The minimum atomic E-state index is -0.425. The first-order valence-electron chi connectivity index (χ1n) is 6.76. The molecule has 0 saturated heterocycles. The van der Waals surface area contributed by atoms with Gasteiger partial charge in [0.15, 0.2) is 0 Å². The van der Waals surface area contributed by atoms with Crippen molar-refractivity contribution in [2.45, 2.75) is 20.3 Å². The summed E-state index contributed by atoms with van der Waals surface area (Å²) in [4.78, 5) is 16.8. The summed E-state index contributed by atoms with van der Waals surface area (Å²) in [5, 5.41) is 2.67. The molecule has 0 radical (unpaired) electrons. The lowest BCUT2D eigenvalue weighted by atomic mass is 10.0. The average molecular weight is 263 g/mol. The maximum Gasteiger partial charge on any atom is 0.412 e. The van der Waals surface area contributed by atoms with E-state index in [4.69, 9.17) is 4.74 Å². The molecule has 1 amide bonds. The monoisotopic (exact) mass is 263 g/mol. The van der Waals surface area contributed by atoms with Crippen LogP contribution in [-0.4, -0.2) is 42.2 Å². The van der Waals surface area contributed by atoms with E-state index in [-0.39, 0.29) is 0 Å². The number of aromatic nitrogens is 1. The van der Waals surface area contributed by atoms with Crippen LogP contribution < -0.4 is 5.32 Å². The summed E-state index contributed by atoms with van der Waals surface area (Å²) in [6, 6.07) is 1.95. The second-order valence-corrected chi connectivity index (χ2v) is 4.52. The van der Waals surface area contributed by atoms with Crippen molar-refractivity contribution < 1.29 is 9.53 Å². The van der Waals surface area contributed by atoms with Gasteiger partial charge in [-0.05, 0) is 37.1 Å². The Kier molecular flexibility index (Phi) is 4.63. The summed E-state index contributed by atoms with van der Waals surface area (Å²) >= 11 is 0. The van der Waals surface area contributed by atoms with Crippen LogP contribution in [0.4, 0.5) is 10.6 Å². The van der Waals surface area contributed by atoms with E-state index in [1.165, 1.54) is 5.57 Å². The number of H-pyrrole nitrogens is 1. The molecule has 0 atom stereocenters.